The van der Waals surface area contributed by atoms with Crippen molar-refractivity contribution in [3.63, 3.8) is 0 Å². The normalized spacial score (nSPS) is 18.2. The quantitative estimate of drug-likeness (QED) is 0.860. The van der Waals surface area contributed by atoms with Crippen LogP contribution in [0.2, 0.25) is 0 Å². The van der Waals surface area contributed by atoms with Crippen LogP contribution < -0.4 is 10.2 Å². The Morgan fingerprint density at radius 1 is 1.47 bits per heavy atom. The number of aromatic nitrogens is 2. The summed E-state index contributed by atoms with van der Waals surface area (Å²) in [4.78, 5) is 14.3. The number of amides is 1. The van der Waals surface area contributed by atoms with Crippen LogP contribution in [0.4, 0.5) is 5.69 Å². The number of carbonyl (C=O) groups excluding carboxylic acids is 1. The molecular weight excluding hydrogens is 240 g/mol. The molecule has 0 aliphatic carbocycles. The highest BCUT2D eigenvalue weighted by Gasteiger charge is 2.28. The van der Waals surface area contributed by atoms with E-state index in [1.165, 1.54) is 5.56 Å². The predicted molar refractivity (Wildman–Crippen MR) is 73.1 cm³/mol. The van der Waals surface area contributed by atoms with Crippen LogP contribution in [-0.4, -0.2) is 29.7 Å². The van der Waals surface area contributed by atoms with Crippen molar-refractivity contribution in [1.82, 2.24) is 15.5 Å². The number of hydrogen-bond acceptors (Lipinski definition) is 3. The van der Waals surface area contributed by atoms with E-state index in [1.54, 1.807) is 12.4 Å². The van der Waals surface area contributed by atoms with Crippen molar-refractivity contribution in [1.29, 1.82) is 0 Å². The van der Waals surface area contributed by atoms with Crippen molar-refractivity contribution in [3.8, 4) is 0 Å². The molecule has 0 saturated heterocycles. The van der Waals surface area contributed by atoms with Crippen molar-refractivity contribution in [2.24, 2.45) is 0 Å². The Hall–Kier alpha value is -2.14. The molecule has 0 fully saturated rings. The topological polar surface area (TPSA) is 61.0 Å². The maximum absolute atomic E-state index is 12.5. The number of rotatable bonds is 2. The highest BCUT2D eigenvalue weighted by atomic mass is 16.2. The minimum absolute atomic E-state index is 0.00393. The number of fused-ring (bicyclic) bond motifs is 1. The first-order chi connectivity index (χ1) is 9.31. The molecule has 1 aliphatic rings. The van der Waals surface area contributed by atoms with Crippen LogP contribution in [0, 0.1) is 0 Å². The molecule has 0 spiro atoms. The van der Waals surface area contributed by atoms with Crippen LogP contribution in [0.3, 0.4) is 0 Å². The summed E-state index contributed by atoms with van der Waals surface area (Å²) < 4.78 is 0. The molecule has 1 aromatic carbocycles. The van der Waals surface area contributed by atoms with E-state index < -0.39 is 0 Å². The second-order valence-electron chi connectivity index (χ2n) is 4.63. The number of hydrogen-bond donors (Lipinski definition) is 2. The number of nitrogens with one attached hydrogen (secondary N) is 2. The standard InChI is InChI=1S/C14H16N4O/c1-15-12-6-7-18(13-5-3-2-4-11(12)13)14(19)10-8-16-17-9-10/h2-5,8-9,12,15H,6-7H2,1H3,(H,16,17). The first kappa shape index (κ1) is 11.9. The Kier molecular flexibility index (Phi) is 3.05. The SMILES string of the molecule is CNC1CCN(C(=O)c2cn[nH]c2)c2ccccc21. The molecular formula is C14H16N4O. The molecule has 1 amide bonds. The van der Waals surface area contributed by atoms with Crippen molar-refractivity contribution in [3.05, 3.63) is 47.8 Å². The van der Waals surface area contributed by atoms with E-state index in [2.05, 4.69) is 21.6 Å². The fraction of sp³-hybridized carbons (Fsp3) is 0.286. The predicted octanol–water partition coefficient (Wildman–Crippen LogP) is 1.72. The van der Waals surface area contributed by atoms with Gasteiger partial charge in [-0.2, -0.15) is 5.10 Å². The molecule has 3 rings (SSSR count). The average Bonchev–Trinajstić information content (AvgIpc) is 2.99. The maximum Gasteiger partial charge on any atom is 0.261 e. The summed E-state index contributed by atoms with van der Waals surface area (Å²) in [6.07, 6.45) is 4.11. The van der Waals surface area contributed by atoms with Gasteiger partial charge in [-0.05, 0) is 25.1 Å². The van der Waals surface area contributed by atoms with Crippen molar-refractivity contribution in [2.75, 3.05) is 18.5 Å². The molecule has 2 heterocycles. The van der Waals surface area contributed by atoms with Gasteiger partial charge in [-0.25, -0.2) is 0 Å². The van der Waals surface area contributed by atoms with Gasteiger partial charge in [0.05, 0.1) is 11.8 Å². The summed E-state index contributed by atoms with van der Waals surface area (Å²) in [5.74, 6) is -0.00393. The third-order valence-corrected chi connectivity index (χ3v) is 3.58. The van der Waals surface area contributed by atoms with Crippen LogP contribution >= 0.6 is 0 Å². The zero-order valence-corrected chi connectivity index (χ0v) is 10.8. The van der Waals surface area contributed by atoms with Crippen LogP contribution in [0.1, 0.15) is 28.4 Å². The largest absolute Gasteiger partial charge is 0.313 e. The van der Waals surface area contributed by atoms with E-state index in [-0.39, 0.29) is 5.91 Å². The Morgan fingerprint density at radius 2 is 2.32 bits per heavy atom. The fourth-order valence-corrected chi connectivity index (χ4v) is 2.60. The fourth-order valence-electron chi connectivity index (χ4n) is 2.60. The lowest BCUT2D eigenvalue weighted by Crippen LogP contribution is -2.38. The van der Waals surface area contributed by atoms with Crippen LogP contribution in [0.15, 0.2) is 36.7 Å². The smallest absolute Gasteiger partial charge is 0.261 e. The van der Waals surface area contributed by atoms with E-state index in [4.69, 9.17) is 0 Å². The number of H-pyrrole nitrogens is 1. The van der Waals surface area contributed by atoms with Gasteiger partial charge in [0.25, 0.3) is 5.91 Å². The summed E-state index contributed by atoms with van der Waals surface area (Å²) in [7, 11) is 1.95. The van der Waals surface area contributed by atoms with Gasteiger partial charge >= 0.3 is 0 Å². The molecule has 5 heteroatoms. The number of anilines is 1. The molecule has 0 bridgehead atoms. The molecule has 19 heavy (non-hydrogen) atoms. The van der Waals surface area contributed by atoms with E-state index in [0.29, 0.717) is 18.2 Å². The second kappa shape index (κ2) is 4.85. The lowest BCUT2D eigenvalue weighted by molar-refractivity contribution is 0.0984. The van der Waals surface area contributed by atoms with Gasteiger partial charge in [0.15, 0.2) is 0 Å². The lowest BCUT2D eigenvalue weighted by atomic mass is 9.96. The Balaban J connectivity index is 1.98. The Labute approximate surface area is 111 Å². The molecule has 1 aliphatic heterocycles. The van der Waals surface area contributed by atoms with E-state index in [0.717, 1.165) is 12.1 Å². The summed E-state index contributed by atoms with van der Waals surface area (Å²) in [6.45, 7) is 0.715. The number of para-hydroxylation sites is 1. The van der Waals surface area contributed by atoms with Crippen LogP contribution in [0.5, 0.6) is 0 Å². The molecule has 2 N–H and O–H groups in total. The summed E-state index contributed by atoms with van der Waals surface area (Å²) in [5, 5.41) is 9.82. The third-order valence-electron chi connectivity index (χ3n) is 3.58. The van der Waals surface area contributed by atoms with Gasteiger partial charge in [-0.1, -0.05) is 18.2 Å². The number of nitrogens with zero attached hydrogens (tertiary/aromatic N) is 2. The van der Waals surface area contributed by atoms with E-state index >= 15 is 0 Å². The summed E-state index contributed by atoms with van der Waals surface area (Å²) in [5.41, 5.74) is 2.75. The molecule has 1 unspecified atom stereocenters. The molecule has 2 aromatic rings. The first-order valence-corrected chi connectivity index (χ1v) is 6.38. The minimum atomic E-state index is -0.00393. The Morgan fingerprint density at radius 3 is 3.05 bits per heavy atom. The minimum Gasteiger partial charge on any atom is -0.313 e. The molecule has 5 nitrogen and oxygen atoms in total. The van der Waals surface area contributed by atoms with Gasteiger partial charge in [-0.15, -0.1) is 0 Å². The van der Waals surface area contributed by atoms with Gasteiger partial charge in [-0.3, -0.25) is 9.89 Å². The zero-order valence-electron chi connectivity index (χ0n) is 10.8. The third kappa shape index (κ3) is 2.02. The van der Waals surface area contributed by atoms with Crippen LogP contribution in [-0.2, 0) is 0 Å². The zero-order chi connectivity index (χ0) is 13.2. The van der Waals surface area contributed by atoms with E-state index in [9.17, 15) is 4.79 Å². The second-order valence-corrected chi connectivity index (χ2v) is 4.63. The highest BCUT2D eigenvalue weighted by molar-refractivity contribution is 6.06. The molecule has 0 radical (unpaired) electrons. The lowest BCUT2D eigenvalue weighted by Gasteiger charge is -2.34. The van der Waals surface area contributed by atoms with Gasteiger partial charge in [0.1, 0.15) is 0 Å². The first-order valence-electron chi connectivity index (χ1n) is 6.38. The van der Waals surface area contributed by atoms with Crippen molar-refractivity contribution in [2.45, 2.75) is 12.5 Å². The van der Waals surface area contributed by atoms with Gasteiger partial charge in [0, 0.05) is 24.5 Å². The number of aromatic amines is 1. The summed E-state index contributed by atoms with van der Waals surface area (Å²) >= 11 is 0. The number of carbonyl (C=O) groups is 1. The monoisotopic (exact) mass is 256 g/mol. The summed E-state index contributed by atoms with van der Waals surface area (Å²) in [6, 6.07) is 8.36. The van der Waals surface area contributed by atoms with Crippen molar-refractivity contribution < 1.29 is 4.79 Å². The molecule has 1 atom stereocenters. The van der Waals surface area contributed by atoms with Crippen molar-refractivity contribution >= 4 is 11.6 Å². The average molecular weight is 256 g/mol. The molecule has 1 aromatic heterocycles. The van der Waals surface area contributed by atoms with Crippen LogP contribution in [0.25, 0.3) is 0 Å². The number of benzene rings is 1. The van der Waals surface area contributed by atoms with Gasteiger partial charge < -0.3 is 10.2 Å². The molecule has 0 saturated carbocycles. The Bertz CT molecular complexity index is 579. The highest BCUT2D eigenvalue weighted by Crippen LogP contribution is 2.34. The van der Waals surface area contributed by atoms with E-state index in [1.807, 2.05) is 30.1 Å². The molecule has 98 valence electrons. The van der Waals surface area contributed by atoms with Gasteiger partial charge in [0.2, 0.25) is 0 Å². The maximum atomic E-state index is 12.5.